The molecule has 0 radical (unpaired) electrons. The van der Waals surface area contributed by atoms with Crippen molar-refractivity contribution in [1.82, 2.24) is 9.47 Å². The molecule has 1 unspecified atom stereocenters. The minimum Gasteiger partial charge on any atom is -0.392 e. The lowest BCUT2D eigenvalue weighted by Crippen LogP contribution is -2.34. The van der Waals surface area contributed by atoms with E-state index >= 15 is 0 Å². The van der Waals surface area contributed by atoms with Gasteiger partial charge in [-0.1, -0.05) is 0 Å². The molecule has 0 aromatic carbocycles. The van der Waals surface area contributed by atoms with E-state index in [9.17, 15) is 9.90 Å². The summed E-state index contributed by atoms with van der Waals surface area (Å²) in [5.74, 6) is -0.0384. The average Bonchev–Trinajstić information content (AvgIpc) is 3.00. The van der Waals surface area contributed by atoms with Crippen molar-refractivity contribution in [3.63, 3.8) is 0 Å². The third-order valence-corrected chi connectivity index (χ3v) is 3.29. The van der Waals surface area contributed by atoms with Crippen LogP contribution in [0.3, 0.4) is 0 Å². The van der Waals surface area contributed by atoms with E-state index < -0.39 is 6.10 Å². The summed E-state index contributed by atoms with van der Waals surface area (Å²) >= 11 is 3.41. The van der Waals surface area contributed by atoms with Crippen LogP contribution in [-0.4, -0.2) is 40.2 Å². The molecule has 0 aliphatic heterocycles. The number of aliphatic hydroxyl groups excluding tert-OH is 1. The number of hydrogen-bond donors (Lipinski definition) is 1. The Bertz CT molecular complexity index is 424. The second-order valence-electron chi connectivity index (χ2n) is 4.72. The van der Waals surface area contributed by atoms with Gasteiger partial charge < -0.3 is 14.6 Å². The van der Waals surface area contributed by atoms with Crippen LogP contribution < -0.4 is 0 Å². The first-order valence-electron chi connectivity index (χ1n) is 5.80. The normalized spacial score (nSPS) is 16.9. The highest BCUT2D eigenvalue weighted by Gasteiger charge is 2.28. The van der Waals surface area contributed by atoms with Crippen LogP contribution in [0.25, 0.3) is 0 Å². The summed E-state index contributed by atoms with van der Waals surface area (Å²) in [6, 6.07) is 2.32. The summed E-state index contributed by atoms with van der Waals surface area (Å²) in [4.78, 5) is 13.8. The fourth-order valence-corrected chi connectivity index (χ4v) is 2.38. The summed E-state index contributed by atoms with van der Waals surface area (Å²) in [7, 11) is 1.72. The predicted octanol–water partition coefficient (Wildman–Crippen LogP) is 2.04. The van der Waals surface area contributed by atoms with Gasteiger partial charge in [0.15, 0.2) is 0 Å². The van der Waals surface area contributed by atoms with Crippen LogP contribution in [0.2, 0.25) is 0 Å². The van der Waals surface area contributed by atoms with Gasteiger partial charge >= 0.3 is 0 Å². The van der Waals surface area contributed by atoms with E-state index in [4.69, 9.17) is 0 Å². The molecule has 1 saturated carbocycles. The molecule has 0 spiro atoms. The van der Waals surface area contributed by atoms with Gasteiger partial charge in [-0.3, -0.25) is 4.79 Å². The molecule has 4 nitrogen and oxygen atoms in total. The van der Waals surface area contributed by atoms with Gasteiger partial charge in [0.1, 0.15) is 5.69 Å². The molecular weight excluding hydrogens is 284 g/mol. The van der Waals surface area contributed by atoms with Crippen molar-refractivity contribution in [2.75, 3.05) is 13.6 Å². The summed E-state index contributed by atoms with van der Waals surface area (Å²) in [5.41, 5.74) is 0.697. The first-order valence-corrected chi connectivity index (χ1v) is 6.59. The van der Waals surface area contributed by atoms with Crippen LogP contribution in [0, 0.1) is 0 Å². The third kappa shape index (κ3) is 2.90. The highest BCUT2D eigenvalue weighted by atomic mass is 79.9. The van der Waals surface area contributed by atoms with Gasteiger partial charge in [0, 0.05) is 30.3 Å². The number of hydrogen-bond acceptors (Lipinski definition) is 2. The van der Waals surface area contributed by atoms with E-state index in [1.165, 1.54) is 0 Å². The first kappa shape index (κ1) is 12.6. The van der Waals surface area contributed by atoms with Crippen molar-refractivity contribution in [1.29, 1.82) is 0 Å². The standard InChI is InChI=1S/C12H17BrN2O2/c1-8(16)6-14(2)12(17)11-5-9(13)7-15(11)10-3-4-10/h5,7-8,10,16H,3-4,6H2,1-2H3. The zero-order chi connectivity index (χ0) is 12.6. The molecule has 1 fully saturated rings. The SMILES string of the molecule is CC(O)CN(C)C(=O)c1cc(Br)cn1C1CC1. The van der Waals surface area contributed by atoms with Crippen molar-refractivity contribution < 1.29 is 9.90 Å². The van der Waals surface area contributed by atoms with Gasteiger partial charge in [0.25, 0.3) is 5.91 Å². The molecule has 1 aromatic heterocycles. The summed E-state index contributed by atoms with van der Waals surface area (Å²) in [6.45, 7) is 2.03. The lowest BCUT2D eigenvalue weighted by atomic mass is 10.3. The Balaban J connectivity index is 2.18. The zero-order valence-electron chi connectivity index (χ0n) is 10.1. The number of carbonyl (C=O) groups is 1. The third-order valence-electron chi connectivity index (χ3n) is 2.86. The van der Waals surface area contributed by atoms with Gasteiger partial charge in [-0.05, 0) is 41.8 Å². The monoisotopic (exact) mass is 300 g/mol. The number of halogens is 1. The molecule has 0 bridgehead atoms. The molecule has 0 saturated heterocycles. The minimum absolute atomic E-state index is 0.0384. The van der Waals surface area contributed by atoms with Crippen LogP contribution in [0.5, 0.6) is 0 Å². The Labute approximate surface area is 109 Å². The van der Waals surface area contributed by atoms with Gasteiger partial charge in [0.05, 0.1) is 6.10 Å². The second kappa shape index (κ2) is 4.82. The Morgan fingerprint density at radius 1 is 1.71 bits per heavy atom. The highest BCUT2D eigenvalue weighted by molar-refractivity contribution is 9.10. The maximum Gasteiger partial charge on any atom is 0.270 e. The number of amides is 1. The molecule has 1 N–H and O–H groups in total. The molecule has 1 aliphatic carbocycles. The largest absolute Gasteiger partial charge is 0.392 e. The molecule has 5 heteroatoms. The van der Waals surface area contributed by atoms with Gasteiger partial charge in [-0.15, -0.1) is 0 Å². The molecule has 1 atom stereocenters. The molecular formula is C12H17BrN2O2. The van der Waals surface area contributed by atoms with Crippen LogP contribution in [0.15, 0.2) is 16.7 Å². The minimum atomic E-state index is -0.503. The number of likely N-dealkylation sites (N-methyl/N-ethyl adjacent to an activating group) is 1. The smallest absolute Gasteiger partial charge is 0.270 e. The Morgan fingerprint density at radius 3 is 2.88 bits per heavy atom. The maximum absolute atomic E-state index is 12.2. The van der Waals surface area contributed by atoms with Crippen LogP contribution in [0.4, 0.5) is 0 Å². The topological polar surface area (TPSA) is 45.5 Å². The molecule has 1 aromatic rings. The Kier molecular flexibility index (Phi) is 3.58. The predicted molar refractivity (Wildman–Crippen MR) is 69.0 cm³/mol. The maximum atomic E-state index is 12.2. The van der Waals surface area contributed by atoms with E-state index in [1.54, 1.807) is 18.9 Å². The van der Waals surface area contributed by atoms with Crippen molar-refractivity contribution in [3.8, 4) is 0 Å². The van der Waals surface area contributed by atoms with Crippen LogP contribution in [-0.2, 0) is 0 Å². The summed E-state index contributed by atoms with van der Waals surface area (Å²) in [6.07, 6.45) is 3.74. The van der Waals surface area contributed by atoms with E-state index in [1.807, 2.05) is 16.8 Å². The van der Waals surface area contributed by atoms with E-state index in [0.717, 1.165) is 17.3 Å². The number of aromatic nitrogens is 1. The molecule has 1 amide bonds. The number of aliphatic hydroxyl groups is 1. The second-order valence-corrected chi connectivity index (χ2v) is 5.63. The lowest BCUT2D eigenvalue weighted by molar-refractivity contribution is 0.0693. The van der Waals surface area contributed by atoms with Crippen molar-refractivity contribution in [3.05, 3.63) is 22.4 Å². The first-order chi connectivity index (χ1) is 7.99. The molecule has 94 valence electrons. The number of nitrogens with zero attached hydrogens (tertiary/aromatic N) is 2. The van der Waals surface area contributed by atoms with E-state index in [0.29, 0.717) is 18.3 Å². The molecule has 1 aliphatic rings. The quantitative estimate of drug-likeness (QED) is 0.925. The Hall–Kier alpha value is -0.810. The van der Waals surface area contributed by atoms with E-state index in [-0.39, 0.29) is 5.91 Å². The highest BCUT2D eigenvalue weighted by Crippen LogP contribution is 2.37. The lowest BCUT2D eigenvalue weighted by Gasteiger charge is -2.19. The van der Waals surface area contributed by atoms with Gasteiger partial charge in [-0.2, -0.15) is 0 Å². The fourth-order valence-electron chi connectivity index (χ4n) is 1.95. The zero-order valence-corrected chi connectivity index (χ0v) is 11.6. The van der Waals surface area contributed by atoms with E-state index in [2.05, 4.69) is 15.9 Å². The summed E-state index contributed by atoms with van der Waals surface area (Å²) < 4.78 is 2.96. The summed E-state index contributed by atoms with van der Waals surface area (Å²) in [5, 5.41) is 9.30. The van der Waals surface area contributed by atoms with Crippen molar-refractivity contribution >= 4 is 21.8 Å². The molecule has 17 heavy (non-hydrogen) atoms. The average molecular weight is 301 g/mol. The van der Waals surface area contributed by atoms with Crippen LogP contribution in [0.1, 0.15) is 36.3 Å². The Morgan fingerprint density at radius 2 is 2.35 bits per heavy atom. The van der Waals surface area contributed by atoms with Gasteiger partial charge in [-0.25, -0.2) is 0 Å². The van der Waals surface area contributed by atoms with Crippen molar-refractivity contribution in [2.45, 2.75) is 31.9 Å². The number of rotatable bonds is 4. The number of carbonyl (C=O) groups excluding carboxylic acids is 1. The van der Waals surface area contributed by atoms with Crippen LogP contribution >= 0.6 is 15.9 Å². The molecule has 2 rings (SSSR count). The fraction of sp³-hybridized carbons (Fsp3) is 0.583. The van der Waals surface area contributed by atoms with Crippen molar-refractivity contribution in [2.24, 2.45) is 0 Å². The van der Waals surface area contributed by atoms with Gasteiger partial charge in [0.2, 0.25) is 0 Å². The molecule has 1 heterocycles.